The normalized spacial score (nSPS) is 15.3. The molecule has 3 aromatic rings. The molecule has 0 unspecified atom stereocenters. The van der Waals surface area contributed by atoms with Gasteiger partial charge in [0.15, 0.2) is 0 Å². The number of benzene rings is 3. The van der Waals surface area contributed by atoms with E-state index in [9.17, 15) is 20.5 Å². The third-order valence-corrected chi connectivity index (χ3v) is 4.90. The molecule has 0 bridgehead atoms. The van der Waals surface area contributed by atoms with Gasteiger partial charge in [0.1, 0.15) is 23.1 Å². The van der Waals surface area contributed by atoms with E-state index in [2.05, 4.69) is 4.99 Å². The maximum atomic E-state index is 11.3. The molecule has 1 aliphatic rings. The number of nitro benzene ring substituents is 1. The van der Waals surface area contributed by atoms with Crippen LogP contribution in [-0.2, 0) is 0 Å². The van der Waals surface area contributed by atoms with Gasteiger partial charge in [-0.05, 0) is 29.8 Å². The Balaban J connectivity index is 1.89. The number of rotatable bonds is 4. The number of aromatic hydroxyl groups is 1. The Bertz CT molecular complexity index is 1280. The molecular weight excluding hydrogens is 396 g/mol. The number of nitro groups is 1. The summed E-state index contributed by atoms with van der Waals surface area (Å²) in [5.74, 6) is -0.846. The molecule has 0 spiro atoms. The molecular formula is C23H16N4O4. The van der Waals surface area contributed by atoms with E-state index in [1.165, 1.54) is 24.3 Å². The maximum absolute atomic E-state index is 11.3. The summed E-state index contributed by atoms with van der Waals surface area (Å²) >= 11 is 0. The van der Waals surface area contributed by atoms with Gasteiger partial charge in [-0.25, -0.2) is 0 Å². The number of hydrogen-bond acceptors (Lipinski definition) is 7. The lowest BCUT2D eigenvalue weighted by Crippen LogP contribution is -2.22. The number of para-hydroxylation sites is 1. The van der Waals surface area contributed by atoms with E-state index in [4.69, 9.17) is 10.5 Å². The lowest BCUT2D eigenvalue weighted by atomic mass is 9.82. The van der Waals surface area contributed by atoms with Crippen molar-refractivity contribution in [3.05, 3.63) is 105 Å². The average Bonchev–Trinajstić information content (AvgIpc) is 2.78. The summed E-state index contributed by atoms with van der Waals surface area (Å²) in [5.41, 5.74) is 7.93. The number of nitrogens with two attached hydrogens (primary N) is 1. The molecule has 0 aliphatic carbocycles. The minimum absolute atomic E-state index is 0.0560. The van der Waals surface area contributed by atoms with Crippen molar-refractivity contribution in [2.75, 3.05) is 0 Å². The third-order valence-electron chi connectivity index (χ3n) is 4.90. The van der Waals surface area contributed by atoms with Gasteiger partial charge in [0.25, 0.3) is 5.69 Å². The standard InChI is InChI=1S/C23H16N4O4/c24-12-18-20(14-5-4-8-17(11-14)27(29)30)21-19(28)10-9-15(22(21)31-23(18)25)13-26-16-6-2-1-3-7-16/h1-11,13,20,28H,25H2/t20-/m1/s1. The molecule has 152 valence electrons. The van der Waals surface area contributed by atoms with Gasteiger partial charge in [0.05, 0.1) is 22.1 Å². The highest BCUT2D eigenvalue weighted by molar-refractivity contribution is 5.88. The second kappa shape index (κ2) is 8.00. The molecule has 3 aromatic carbocycles. The lowest BCUT2D eigenvalue weighted by Gasteiger charge is -2.28. The number of nitrogens with zero attached hydrogens (tertiary/aromatic N) is 3. The van der Waals surface area contributed by atoms with Crippen molar-refractivity contribution < 1.29 is 14.8 Å². The molecule has 0 aromatic heterocycles. The predicted octanol–water partition coefficient (Wildman–Crippen LogP) is 4.27. The SMILES string of the molecule is N#CC1=C(N)Oc2c(C=Nc3ccccc3)ccc(O)c2[C@@H]1c1cccc([N+](=O)[O-])c1. The van der Waals surface area contributed by atoms with E-state index < -0.39 is 10.8 Å². The Hall–Kier alpha value is -4.64. The first-order valence-corrected chi connectivity index (χ1v) is 9.26. The maximum Gasteiger partial charge on any atom is 0.269 e. The molecule has 1 heterocycles. The molecule has 8 heteroatoms. The minimum atomic E-state index is -0.835. The van der Waals surface area contributed by atoms with Crippen molar-refractivity contribution in [3.8, 4) is 17.6 Å². The quantitative estimate of drug-likeness (QED) is 0.373. The molecule has 8 nitrogen and oxygen atoms in total. The molecule has 0 radical (unpaired) electrons. The zero-order valence-corrected chi connectivity index (χ0v) is 16.1. The van der Waals surface area contributed by atoms with Crippen molar-refractivity contribution in [2.24, 2.45) is 10.7 Å². The number of aliphatic imine (C=N–C) groups is 1. The highest BCUT2D eigenvalue weighted by atomic mass is 16.6. The Morgan fingerprint density at radius 3 is 2.65 bits per heavy atom. The van der Waals surface area contributed by atoms with E-state index in [1.807, 2.05) is 36.4 Å². The third kappa shape index (κ3) is 3.68. The molecule has 3 N–H and O–H groups in total. The van der Waals surface area contributed by atoms with Crippen LogP contribution >= 0.6 is 0 Å². The summed E-state index contributed by atoms with van der Waals surface area (Å²) in [5, 5.41) is 31.6. The largest absolute Gasteiger partial charge is 0.507 e. The van der Waals surface area contributed by atoms with Crippen LogP contribution in [0.2, 0.25) is 0 Å². The number of ether oxygens (including phenoxy) is 1. The Labute approximate surface area is 177 Å². The second-order valence-electron chi connectivity index (χ2n) is 6.79. The van der Waals surface area contributed by atoms with Crippen molar-refractivity contribution in [3.63, 3.8) is 0 Å². The summed E-state index contributed by atoms with van der Waals surface area (Å²) < 4.78 is 5.71. The molecule has 0 saturated heterocycles. The number of phenolic OH excluding ortho intramolecular Hbond substituents is 1. The fraction of sp³-hybridized carbons (Fsp3) is 0.0435. The van der Waals surface area contributed by atoms with Crippen LogP contribution in [-0.4, -0.2) is 16.2 Å². The van der Waals surface area contributed by atoms with Crippen LogP contribution in [0.1, 0.15) is 22.6 Å². The summed E-state index contributed by atoms with van der Waals surface area (Å²) in [6, 6.07) is 20.2. The van der Waals surface area contributed by atoms with Gasteiger partial charge < -0.3 is 15.6 Å². The zero-order valence-electron chi connectivity index (χ0n) is 16.1. The first kappa shape index (κ1) is 19.7. The van der Waals surface area contributed by atoms with Crippen LogP contribution in [0.15, 0.2) is 83.2 Å². The van der Waals surface area contributed by atoms with Crippen LogP contribution in [0.4, 0.5) is 11.4 Å². The van der Waals surface area contributed by atoms with Gasteiger partial charge in [-0.1, -0.05) is 30.3 Å². The topological polar surface area (TPSA) is 135 Å². The highest BCUT2D eigenvalue weighted by Crippen LogP contribution is 2.48. The van der Waals surface area contributed by atoms with Gasteiger partial charge in [-0.15, -0.1) is 0 Å². The molecule has 1 aliphatic heterocycles. The number of phenols is 1. The van der Waals surface area contributed by atoms with E-state index in [-0.39, 0.29) is 28.6 Å². The zero-order chi connectivity index (χ0) is 22.0. The fourth-order valence-electron chi connectivity index (χ4n) is 3.48. The minimum Gasteiger partial charge on any atom is -0.507 e. The number of hydrogen-bond donors (Lipinski definition) is 2. The van der Waals surface area contributed by atoms with E-state index in [0.29, 0.717) is 16.7 Å². The Morgan fingerprint density at radius 2 is 1.94 bits per heavy atom. The molecule has 0 saturated carbocycles. The Kier molecular flexibility index (Phi) is 5.08. The molecule has 31 heavy (non-hydrogen) atoms. The van der Waals surface area contributed by atoms with Gasteiger partial charge in [-0.3, -0.25) is 15.1 Å². The summed E-state index contributed by atoms with van der Waals surface area (Å²) in [6.45, 7) is 0. The predicted molar refractivity (Wildman–Crippen MR) is 114 cm³/mol. The van der Waals surface area contributed by atoms with E-state index >= 15 is 0 Å². The number of fused-ring (bicyclic) bond motifs is 1. The van der Waals surface area contributed by atoms with E-state index in [0.717, 1.165) is 5.69 Å². The highest BCUT2D eigenvalue weighted by Gasteiger charge is 2.35. The van der Waals surface area contributed by atoms with Crippen molar-refractivity contribution >= 4 is 17.6 Å². The van der Waals surface area contributed by atoms with E-state index in [1.54, 1.807) is 18.3 Å². The van der Waals surface area contributed by atoms with Crippen LogP contribution in [0.5, 0.6) is 11.5 Å². The van der Waals surface area contributed by atoms with Gasteiger partial charge >= 0.3 is 0 Å². The Morgan fingerprint density at radius 1 is 1.16 bits per heavy atom. The van der Waals surface area contributed by atoms with Crippen LogP contribution in [0.3, 0.4) is 0 Å². The number of nitriles is 1. The van der Waals surface area contributed by atoms with Crippen molar-refractivity contribution in [2.45, 2.75) is 5.92 Å². The molecule has 1 atom stereocenters. The van der Waals surface area contributed by atoms with Gasteiger partial charge in [-0.2, -0.15) is 5.26 Å². The summed E-state index contributed by atoms with van der Waals surface area (Å²) in [6.07, 6.45) is 1.57. The first-order valence-electron chi connectivity index (χ1n) is 9.26. The smallest absolute Gasteiger partial charge is 0.269 e. The van der Waals surface area contributed by atoms with Crippen LogP contribution in [0, 0.1) is 21.4 Å². The number of non-ortho nitro benzene ring substituents is 1. The molecule has 0 amide bonds. The summed E-state index contributed by atoms with van der Waals surface area (Å²) in [7, 11) is 0. The van der Waals surface area contributed by atoms with Crippen LogP contribution in [0.25, 0.3) is 0 Å². The van der Waals surface area contributed by atoms with Crippen LogP contribution < -0.4 is 10.5 Å². The average molecular weight is 412 g/mol. The second-order valence-corrected chi connectivity index (χ2v) is 6.79. The molecule has 0 fully saturated rings. The monoisotopic (exact) mass is 412 g/mol. The van der Waals surface area contributed by atoms with Crippen molar-refractivity contribution in [1.29, 1.82) is 5.26 Å². The first-order chi connectivity index (χ1) is 15.0. The fourth-order valence-corrected chi connectivity index (χ4v) is 3.48. The van der Waals surface area contributed by atoms with Gasteiger partial charge in [0.2, 0.25) is 5.88 Å². The van der Waals surface area contributed by atoms with Crippen molar-refractivity contribution in [1.82, 2.24) is 0 Å². The lowest BCUT2D eigenvalue weighted by molar-refractivity contribution is -0.384. The summed E-state index contributed by atoms with van der Waals surface area (Å²) in [4.78, 5) is 15.1. The van der Waals surface area contributed by atoms with Gasteiger partial charge in [0, 0.05) is 23.9 Å². The number of allylic oxidation sites excluding steroid dienone is 1. The molecule has 4 rings (SSSR count).